The summed E-state index contributed by atoms with van der Waals surface area (Å²) in [7, 11) is 0. The van der Waals surface area contributed by atoms with Gasteiger partial charge in [0.25, 0.3) is 0 Å². The number of benzene rings is 2. The monoisotopic (exact) mass is 367 g/mol. The number of carboxylic acids is 1. The summed E-state index contributed by atoms with van der Waals surface area (Å²) in [6.45, 7) is 7.18. The van der Waals surface area contributed by atoms with Crippen molar-refractivity contribution in [2.75, 3.05) is 18.0 Å². The summed E-state index contributed by atoms with van der Waals surface area (Å²) in [5, 5.41) is 27.6. The van der Waals surface area contributed by atoms with Crippen LogP contribution in [0.3, 0.4) is 0 Å². The van der Waals surface area contributed by atoms with Gasteiger partial charge in [-0.2, -0.15) is 0 Å². The Kier molecular flexibility index (Phi) is 6.23. The Morgan fingerprint density at radius 2 is 1.63 bits per heavy atom. The average molecular weight is 367 g/mol. The van der Waals surface area contributed by atoms with Crippen molar-refractivity contribution in [1.82, 2.24) is 0 Å². The molecule has 0 fully saturated rings. The van der Waals surface area contributed by atoms with E-state index in [0.717, 1.165) is 18.8 Å². The van der Waals surface area contributed by atoms with Gasteiger partial charge >= 0.3 is 5.97 Å². The number of amidine groups is 1. The fourth-order valence-electron chi connectivity index (χ4n) is 3.01. The van der Waals surface area contributed by atoms with Gasteiger partial charge < -0.3 is 20.8 Å². The number of nitrogens with zero attached hydrogens (tertiary/aromatic N) is 1. The topological polar surface area (TPSA) is 111 Å². The van der Waals surface area contributed by atoms with Crippen molar-refractivity contribution in [3.63, 3.8) is 0 Å². The van der Waals surface area contributed by atoms with E-state index in [1.165, 1.54) is 6.92 Å². The van der Waals surface area contributed by atoms with Crippen molar-refractivity contribution in [2.24, 2.45) is 5.73 Å². The molecule has 0 spiro atoms. The van der Waals surface area contributed by atoms with E-state index in [9.17, 15) is 15.0 Å². The number of phenols is 1. The lowest BCUT2D eigenvalue weighted by molar-refractivity contribution is -0.132. The van der Waals surface area contributed by atoms with Crippen LogP contribution in [-0.2, 0) is 4.79 Å². The molecule has 27 heavy (non-hydrogen) atoms. The van der Waals surface area contributed by atoms with Gasteiger partial charge in [0, 0.05) is 47.1 Å². The van der Waals surface area contributed by atoms with Crippen LogP contribution in [0.1, 0.15) is 37.5 Å². The number of aromatic hydroxyl groups is 1. The highest BCUT2D eigenvalue weighted by atomic mass is 16.4. The Morgan fingerprint density at radius 1 is 1.07 bits per heavy atom. The first-order chi connectivity index (χ1) is 12.8. The number of carboxylic acid groups (broad SMARTS) is 1. The van der Waals surface area contributed by atoms with Gasteiger partial charge in [0.2, 0.25) is 0 Å². The van der Waals surface area contributed by atoms with Crippen LogP contribution < -0.4 is 10.6 Å². The lowest BCUT2D eigenvalue weighted by Crippen LogP contribution is -2.21. The minimum absolute atomic E-state index is 0.0191. The Hall–Kier alpha value is -3.28. The standard InChI is InChI=1S/C21H25N3O3/c1-4-24(5-2)16-10-11-17(18(25)12-16)19(13(3)21(26)27)14-6-8-15(9-7-14)20(22)23/h6-12,25H,4-5H2,1-3H3,(H3,22,23)(H,26,27). The van der Waals surface area contributed by atoms with Crippen molar-refractivity contribution in [2.45, 2.75) is 20.8 Å². The Bertz CT molecular complexity index is 882. The summed E-state index contributed by atoms with van der Waals surface area (Å²) >= 11 is 0. The van der Waals surface area contributed by atoms with E-state index >= 15 is 0 Å². The number of nitrogens with two attached hydrogens (primary N) is 1. The first-order valence-electron chi connectivity index (χ1n) is 8.77. The molecule has 0 aliphatic rings. The maximum absolute atomic E-state index is 11.6. The number of rotatable bonds is 7. The summed E-state index contributed by atoms with van der Waals surface area (Å²) in [6, 6.07) is 12.0. The highest BCUT2D eigenvalue weighted by molar-refractivity contribution is 6.02. The van der Waals surface area contributed by atoms with Crippen LogP contribution in [0.4, 0.5) is 5.69 Å². The first kappa shape index (κ1) is 20.0. The lowest BCUT2D eigenvalue weighted by atomic mass is 9.92. The number of hydrogen-bond donors (Lipinski definition) is 4. The molecule has 6 heteroatoms. The number of carbonyl (C=O) groups is 1. The van der Waals surface area contributed by atoms with Crippen LogP contribution in [0.2, 0.25) is 0 Å². The molecule has 0 aliphatic carbocycles. The van der Waals surface area contributed by atoms with Gasteiger partial charge in [-0.15, -0.1) is 0 Å². The van der Waals surface area contributed by atoms with Gasteiger partial charge in [0.15, 0.2) is 0 Å². The van der Waals surface area contributed by atoms with E-state index in [0.29, 0.717) is 22.3 Å². The van der Waals surface area contributed by atoms with Crippen LogP contribution in [0, 0.1) is 5.41 Å². The van der Waals surface area contributed by atoms with Crippen LogP contribution >= 0.6 is 0 Å². The molecule has 2 aromatic rings. The van der Waals surface area contributed by atoms with E-state index < -0.39 is 5.97 Å². The van der Waals surface area contributed by atoms with Crippen LogP contribution in [0.15, 0.2) is 48.0 Å². The smallest absolute Gasteiger partial charge is 0.331 e. The maximum Gasteiger partial charge on any atom is 0.331 e. The van der Waals surface area contributed by atoms with Gasteiger partial charge in [-0.3, -0.25) is 5.41 Å². The zero-order chi connectivity index (χ0) is 20.1. The van der Waals surface area contributed by atoms with Crippen molar-refractivity contribution in [3.8, 4) is 5.75 Å². The molecule has 0 saturated heterocycles. The number of hydrogen-bond acceptors (Lipinski definition) is 4. The van der Waals surface area contributed by atoms with E-state index in [4.69, 9.17) is 11.1 Å². The molecule has 6 nitrogen and oxygen atoms in total. The van der Waals surface area contributed by atoms with Crippen molar-refractivity contribution in [3.05, 3.63) is 64.7 Å². The van der Waals surface area contributed by atoms with Gasteiger partial charge in [-0.25, -0.2) is 4.79 Å². The second-order valence-electron chi connectivity index (χ2n) is 6.17. The highest BCUT2D eigenvalue weighted by Crippen LogP contribution is 2.35. The molecule has 5 N–H and O–H groups in total. The number of aliphatic carboxylic acids is 1. The summed E-state index contributed by atoms with van der Waals surface area (Å²) in [4.78, 5) is 13.7. The molecule has 0 unspecified atom stereocenters. The van der Waals surface area contributed by atoms with E-state index in [1.54, 1.807) is 36.4 Å². The first-order valence-corrected chi connectivity index (χ1v) is 8.77. The number of anilines is 1. The zero-order valence-corrected chi connectivity index (χ0v) is 15.8. The van der Waals surface area contributed by atoms with E-state index in [1.807, 2.05) is 19.9 Å². The molecule has 0 aromatic heterocycles. The third kappa shape index (κ3) is 4.28. The lowest BCUT2D eigenvalue weighted by Gasteiger charge is -2.22. The fourth-order valence-corrected chi connectivity index (χ4v) is 3.01. The Balaban J connectivity index is 2.61. The third-order valence-corrected chi connectivity index (χ3v) is 4.56. The second kappa shape index (κ2) is 8.40. The number of phenolic OH excluding ortho intramolecular Hbond substituents is 1. The normalized spacial score (nSPS) is 11.7. The molecule has 0 aliphatic heterocycles. The predicted octanol–water partition coefficient (Wildman–Crippen LogP) is 3.43. The van der Waals surface area contributed by atoms with Gasteiger partial charge in [0.1, 0.15) is 11.6 Å². The molecule has 2 rings (SSSR count). The molecule has 0 atom stereocenters. The average Bonchev–Trinajstić information content (AvgIpc) is 2.64. The van der Waals surface area contributed by atoms with Crippen molar-refractivity contribution >= 4 is 23.1 Å². The maximum atomic E-state index is 11.6. The highest BCUT2D eigenvalue weighted by Gasteiger charge is 2.18. The van der Waals surface area contributed by atoms with Gasteiger partial charge in [0.05, 0.1) is 0 Å². The minimum atomic E-state index is -1.06. The Morgan fingerprint density at radius 3 is 2.07 bits per heavy atom. The molecule has 0 bridgehead atoms. The second-order valence-corrected chi connectivity index (χ2v) is 6.17. The molecular formula is C21H25N3O3. The predicted molar refractivity (Wildman–Crippen MR) is 108 cm³/mol. The van der Waals surface area contributed by atoms with E-state index in [-0.39, 0.29) is 17.2 Å². The summed E-state index contributed by atoms with van der Waals surface area (Å²) in [6.07, 6.45) is 0. The Labute approximate surface area is 159 Å². The van der Waals surface area contributed by atoms with Gasteiger partial charge in [-0.1, -0.05) is 24.3 Å². The van der Waals surface area contributed by atoms with Crippen LogP contribution in [0.25, 0.3) is 5.57 Å². The summed E-state index contributed by atoms with van der Waals surface area (Å²) in [5.41, 5.74) is 8.54. The minimum Gasteiger partial charge on any atom is -0.507 e. The van der Waals surface area contributed by atoms with Crippen LogP contribution in [0.5, 0.6) is 5.75 Å². The number of nitrogen functional groups attached to an aromatic ring is 1. The van der Waals surface area contributed by atoms with Crippen molar-refractivity contribution < 1.29 is 15.0 Å². The quantitative estimate of drug-likeness (QED) is 0.340. The van der Waals surface area contributed by atoms with Gasteiger partial charge in [-0.05, 0) is 38.5 Å². The van der Waals surface area contributed by atoms with Crippen LogP contribution in [-0.4, -0.2) is 35.1 Å². The summed E-state index contributed by atoms with van der Waals surface area (Å²) < 4.78 is 0. The molecule has 0 saturated carbocycles. The third-order valence-electron chi connectivity index (χ3n) is 4.56. The molecule has 142 valence electrons. The fraction of sp³-hybridized carbons (Fsp3) is 0.238. The molecule has 0 amide bonds. The SMILES string of the molecule is CCN(CC)c1ccc(C(=C(C)C(=O)O)c2ccc(C(=N)N)cc2)c(O)c1. The van der Waals surface area contributed by atoms with Crippen molar-refractivity contribution in [1.29, 1.82) is 5.41 Å². The number of nitrogens with one attached hydrogen (secondary N) is 1. The molecule has 0 heterocycles. The molecule has 2 aromatic carbocycles. The molecular weight excluding hydrogens is 342 g/mol. The molecule has 0 radical (unpaired) electrons. The van der Waals surface area contributed by atoms with E-state index in [2.05, 4.69) is 4.90 Å². The summed E-state index contributed by atoms with van der Waals surface area (Å²) in [5.74, 6) is -1.10. The largest absolute Gasteiger partial charge is 0.507 e. The zero-order valence-electron chi connectivity index (χ0n) is 15.8.